The molecule has 0 heterocycles. The number of hydrogen-bond donors (Lipinski definition) is 2. The van der Waals surface area contributed by atoms with Gasteiger partial charge in [-0.15, -0.1) is 0 Å². The maximum atomic E-state index is 5.71. The summed E-state index contributed by atoms with van der Waals surface area (Å²) in [5.74, 6) is 0. The lowest BCUT2D eigenvalue weighted by Gasteiger charge is -2.17. The first-order valence-corrected chi connectivity index (χ1v) is 6.48. The van der Waals surface area contributed by atoms with Crippen LogP contribution in [0.5, 0.6) is 0 Å². The van der Waals surface area contributed by atoms with E-state index in [0.717, 1.165) is 12.5 Å². The van der Waals surface area contributed by atoms with Crippen LogP contribution in [0.3, 0.4) is 0 Å². The smallest absolute Gasteiger partial charge is 0.00723 e. The van der Waals surface area contributed by atoms with Crippen LogP contribution < -0.4 is 11.1 Å². The van der Waals surface area contributed by atoms with E-state index in [0.29, 0.717) is 11.5 Å². The lowest BCUT2D eigenvalue weighted by Crippen LogP contribution is -2.28. The summed E-state index contributed by atoms with van der Waals surface area (Å²) in [4.78, 5) is 0. The molecule has 0 saturated heterocycles. The first kappa shape index (κ1) is 13.0. The van der Waals surface area contributed by atoms with Gasteiger partial charge in [-0.25, -0.2) is 0 Å². The van der Waals surface area contributed by atoms with Crippen molar-refractivity contribution in [1.29, 1.82) is 0 Å². The molecule has 1 aliphatic rings. The van der Waals surface area contributed by atoms with Crippen molar-refractivity contribution in [3.63, 3.8) is 0 Å². The molecular formula is C13H28N2. The van der Waals surface area contributed by atoms with Crippen LogP contribution in [0.25, 0.3) is 0 Å². The third kappa shape index (κ3) is 5.53. The average molecular weight is 212 g/mol. The van der Waals surface area contributed by atoms with Crippen molar-refractivity contribution >= 4 is 0 Å². The molecule has 0 radical (unpaired) electrons. The van der Waals surface area contributed by atoms with Crippen LogP contribution in [0.2, 0.25) is 0 Å². The fraction of sp³-hybridized carbons (Fsp3) is 1.00. The van der Waals surface area contributed by atoms with Crippen LogP contribution in [0, 0.1) is 5.41 Å². The molecule has 0 aromatic carbocycles. The van der Waals surface area contributed by atoms with Gasteiger partial charge in [0.05, 0.1) is 0 Å². The van der Waals surface area contributed by atoms with Crippen LogP contribution >= 0.6 is 0 Å². The van der Waals surface area contributed by atoms with E-state index in [1.807, 2.05) is 0 Å². The summed E-state index contributed by atoms with van der Waals surface area (Å²) in [6.07, 6.45) is 7.79. The Morgan fingerprint density at radius 3 is 2.67 bits per heavy atom. The van der Waals surface area contributed by atoms with Crippen LogP contribution in [-0.4, -0.2) is 18.6 Å². The molecule has 1 fully saturated rings. The van der Waals surface area contributed by atoms with E-state index in [9.17, 15) is 0 Å². The van der Waals surface area contributed by atoms with Crippen molar-refractivity contribution < 1.29 is 0 Å². The highest BCUT2D eigenvalue weighted by Gasteiger charge is 2.30. The van der Waals surface area contributed by atoms with Crippen molar-refractivity contribution in [3.05, 3.63) is 0 Å². The predicted molar refractivity (Wildman–Crippen MR) is 66.9 cm³/mol. The van der Waals surface area contributed by atoms with Crippen LogP contribution in [-0.2, 0) is 0 Å². The summed E-state index contributed by atoms with van der Waals surface area (Å²) >= 11 is 0. The Morgan fingerprint density at radius 2 is 2.13 bits per heavy atom. The van der Waals surface area contributed by atoms with Gasteiger partial charge in [-0.2, -0.15) is 0 Å². The minimum absolute atomic E-state index is 0.371. The third-order valence-electron chi connectivity index (χ3n) is 3.49. The fourth-order valence-electron chi connectivity index (χ4n) is 2.51. The molecule has 0 aromatic heterocycles. The lowest BCUT2D eigenvalue weighted by atomic mass is 9.92. The highest BCUT2D eigenvalue weighted by Crippen LogP contribution is 2.36. The first-order chi connectivity index (χ1) is 6.99. The highest BCUT2D eigenvalue weighted by molar-refractivity contribution is 4.86. The van der Waals surface area contributed by atoms with Gasteiger partial charge < -0.3 is 11.1 Å². The van der Waals surface area contributed by atoms with E-state index in [1.54, 1.807) is 0 Å². The zero-order valence-electron chi connectivity index (χ0n) is 10.7. The molecular weight excluding hydrogens is 184 g/mol. The minimum atomic E-state index is 0.371. The van der Waals surface area contributed by atoms with Gasteiger partial charge in [0, 0.05) is 12.1 Å². The molecule has 0 spiro atoms. The van der Waals surface area contributed by atoms with Gasteiger partial charge in [0.2, 0.25) is 0 Å². The average Bonchev–Trinajstić information content (AvgIpc) is 2.44. The van der Waals surface area contributed by atoms with Gasteiger partial charge in [0.25, 0.3) is 0 Å². The van der Waals surface area contributed by atoms with Gasteiger partial charge in [-0.3, -0.25) is 0 Å². The molecule has 3 N–H and O–H groups in total. The molecule has 1 saturated carbocycles. The van der Waals surface area contributed by atoms with E-state index >= 15 is 0 Å². The molecule has 2 atom stereocenters. The Kier molecular flexibility index (Phi) is 5.07. The zero-order chi connectivity index (χ0) is 11.3. The normalized spacial score (nSPS) is 26.8. The largest absolute Gasteiger partial charge is 0.328 e. The summed E-state index contributed by atoms with van der Waals surface area (Å²) in [7, 11) is 0. The molecule has 2 unspecified atom stereocenters. The fourth-order valence-corrected chi connectivity index (χ4v) is 2.51. The van der Waals surface area contributed by atoms with Crippen molar-refractivity contribution in [2.75, 3.05) is 6.54 Å². The molecule has 0 amide bonds. The number of unbranched alkanes of at least 4 members (excludes halogenated alkanes) is 1. The standard InChI is InChI=1S/C13H28N2/c1-11(14)6-4-5-9-15-12-7-8-13(2,3)10-12/h11-12,15H,4-10,14H2,1-3H3. The summed E-state index contributed by atoms with van der Waals surface area (Å²) in [6.45, 7) is 8.02. The molecule has 0 aromatic rings. The Morgan fingerprint density at radius 1 is 1.40 bits per heavy atom. The maximum absolute atomic E-state index is 5.71. The first-order valence-electron chi connectivity index (χ1n) is 6.48. The van der Waals surface area contributed by atoms with Gasteiger partial charge in [-0.05, 0) is 51.0 Å². The number of rotatable bonds is 6. The van der Waals surface area contributed by atoms with E-state index in [-0.39, 0.29) is 0 Å². The molecule has 0 bridgehead atoms. The maximum Gasteiger partial charge on any atom is 0.00723 e. The van der Waals surface area contributed by atoms with Gasteiger partial charge >= 0.3 is 0 Å². The second kappa shape index (κ2) is 5.86. The summed E-state index contributed by atoms with van der Waals surface area (Å²) in [5, 5.41) is 3.67. The van der Waals surface area contributed by atoms with Crippen molar-refractivity contribution in [2.24, 2.45) is 11.1 Å². The summed E-state index contributed by atoms with van der Waals surface area (Å²) in [5.41, 5.74) is 6.28. The van der Waals surface area contributed by atoms with E-state index in [1.165, 1.54) is 38.6 Å². The van der Waals surface area contributed by atoms with Gasteiger partial charge in [0.15, 0.2) is 0 Å². The molecule has 2 nitrogen and oxygen atoms in total. The number of nitrogens with two attached hydrogens (primary N) is 1. The highest BCUT2D eigenvalue weighted by atomic mass is 14.9. The number of nitrogens with one attached hydrogen (secondary N) is 1. The zero-order valence-corrected chi connectivity index (χ0v) is 10.7. The Hall–Kier alpha value is -0.0800. The molecule has 2 heteroatoms. The SMILES string of the molecule is CC(N)CCCCNC1CCC(C)(C)C1. The second-order valence-corrected chi connectivity index (χ2v) is 6.03. The van der Waals surface area contributed by atoms with Crippen LogP contribution in [0.15, 0.2) is 0 Å². The molecule has 15 heavy (non-hydrogen) atoms. The van der Waals surface area contributed by atoms with E-state index in [4.69, 9.17) is 5.73 Å². The quantitative estimate of drug-likeness (QED) is 0.664. The molecule has 90 valence electrons. The van der Waals surface area contributed by atoms with Crippen molar-refractivity contribution in [3.8, 4) is 0 Å². The summed E-state index contributed by atoms with van der Waals surface area (Å²) < 4.78 is 0. The predicted octanol–water partition coefficient (Wildman–Crippen LogP) is 2.67. The Bertz CT molecular complexity index is 175. The van der Waals surface area contributed by atoms with E-state index < -0.39 is 0 Å². The van der Waals surface area contributed by atoms with Crippen molar-refractivity contribution in [1.82, 2.24) is 5.32 Å². The van der Waals surface area contributed by atoms with Crippen LogP contribution in [0.1, 0.15) is 59.3 Å². The Balaban J connectivity index is 1.97. The second-order valence-electron chi connectivity index (χ2n) is 6.03. The van der Waals surface area contributed by atoms with Gasteiger partial charge in [0.1, 0.15) is 0 Å². The number of hydrogen-bond acceptors (Lipinski definition) is 2. The third-order valence-corrected chi connectivity index (χ3v) is 3.49. The Labute approximate surface area is 95.0 Å². The topological polar surface area (TPSA) is 38.0 Å². The molecule has 1 rings (SSSR count). The molecule has 0 aliphatic heterocycles. The van der Waals surface area contributed by atoms with Crippen molar-refractivity contribution in [2.45, 2.75) is 71.4 Å². The van der Waals surface area contributed by atoms with Gasteiger partial charge in [-0.1, -0.05) is 20.3 Å². The summed E-state index contributed by atoms with van der Waals surface area (Å²) in [6, 6.07) is 1.14. The monoisotopic (exact) mass is 212 g/mol. The molecule has 1 aliphatic carbocycles. The van der Waals surface area contributed by atoms with E-state index in [2.05, 4.69) is 26.1 Å². The lowest BCUT2D eigenvalue weighted by molar-refractivity contribution is 0.363. The minimum Gasteiger partial charge on any atom is -0.328 e. The van der Waals surface area contributed by atoms with Crippen LogP contribution in [0.4, 0.5) is 0 Å².